The van der Waals surface area contributed by atoms with Crippen molar-refractivity contribution >= 4 is 5.91 Å². The lowest BCUT2D eigenvalue weighted by molar-refractivity contribution is -0.119. The lowest BCUT2D eigenvalue weighted by Crippen LogP contribution is -2.42. The van der Waals surface area contributed by atoms with Gasteiger partial charge in [0.25, 0.3) is 0 Å². The zero-order valence-corrected chi connectivity index (χ0v) is 13.3. The number of aliphatic hydroxyl groups excluding tert-OH is 1. The molecule has 1 saturated heterocycles. The van der Waals surface area contributed by atoms with Crippen molar-refractivity contribution < 1.29 is 14.3 Å². The monoisotopic (exact) mass is 308 g/mol. The molecule has 22 heavy (non-hydrogen) atoms. The second-order valence-corrected chi connectivity index (χ2v) is 6.22. The number of carbonyl (C=O) groups excluding carboxylic acids is 1. The molecule has 1 aliphatic rings. The highest BCUT2D eigenvalue weighted by Gasteiger charge is 2.23. The lowest BCUT2D eigenvalue weighted by Gasteiger charge is -2.34. The molecule has 0 aromatic heterocycles. The van der Waals surface area contributed by atoms with Gasteiger partial charge in [0.05, 0.1) is 6.10 Å². The van der Waals surface area contributed by atoms with Crippen molar-refractivity contribution in [2.75, 3.05) is 26.2 Å². The van der Waals surface area contributed by atoms with Crippen molar-refractivity contribution in [1.29, 1.82) is 0 Å². The number of aliphatic hydroxyl groups is 1. The highest BCUT2D eigenvalue weighted by atomic mass is 19.1. The molecular formula is C17H25FN2O2. The van der Waals surface area contributed by atoms with Gasteiger partial charge in [-0.1, -0.05) is 6.07 Å². The van der Waals surface area contributed by atoms with Gasteiger partial charge in [0, 0.05) is 26.6 Å². The van der Waals surface area contributed by atoms with Crippen LogP contribution in [-0.2, 0) is 4.79 Å². The average Bonchev–Trinajstić information content (AvgIpc) is 2.45. The van der Waals surface area contributed by atoms with Gasteiger partial charge in [0.2, 0.25) is 5.91 Å². The van der Waals surface area contributed by atoms with Crippen LogP contribution in [0.3, 0.4) is 0 Å². The maximum Gasteiger partial charge on any atom is 0.216 e. The first-order chi connectivity index (χ1) is 10.5. The Labute approximate surface area is 131 Å². The normalized spacial score (nSPS) is 20.6. The molecule has 0 spiro atoms. The maximum absolute atomic E-state index is 13.1. The molecule has 1 fully saturated rings. The van der Waals surface area contributed by atoms with Crippen molar-refractivity contribution in [3.63, 3.8) is 0 Å². The van der Waals surface area contributed by atoms with E-state index in [0.29, 0.717) is 19.0 Å². The Balaban J connectivity index is 1.90. The second kappa shape index (κ2) is 7.70. The fourth-order valence-corrected chi connectivity index (χ4v) is 3.13. The van der Waals surface area contributed by atoms with Gasteiger partial charge >= 0.3 is 0 Å². The first-order valence-corrected chi connectivity index (χ1v) is 7.86. The minimum Gasteiger partial charge on any atom is -0.387 e. The smallest absolute Gasteiger partial charge is 0.216 e. The number of halogens is 1. The second-order valence-electron chi connectivity index (χ2n) is 6.22. The molecule has 1 aromatic rings. The number of hydrogen-bond acceptors (Lipinski definition) is 3. The van der Waals surface area contributed by atoms with E-state index >= 15 is 0 Å². The van der Waals surface area contributed by atoms with Gasteiger partial charge in [-0.05, 0) is 55.5 Å². The van der Waals surface area contributed by atoms with Crippen LogP contribution >= 0.6 is 0 Å². The third-order valence-corrected chi connectivity index (χ3v) is 4.26. The minimum absolute atomic E-state index is 0.000838. The Morgan fingerprint density at radius 2 is 2.32 bits per heavy atom. The number of likely N-dealkylation sites (tertiary alicyclic amines) is 1. The largest absolute Gasteiger partial charge is 0.387 e. The number of β-amino-alcohol motifs (C(OH)–C–C–N with tert-alkyl or cyclic N) is 1. The van der Waals surface area contributed by atoms with E-state index in [1.807, 2.05) is 6.92 Å². The molecule has 1 aromatic carbocycles. The summed E-state index contributed by atoms with van der Waals surface area (Å²) in [4.78, 5) is 13.2. The minimum atomic E-state index is -0.611. The van der Waals surface area contributed by atoms with Crippen LogP contribution in [0.2, 0.25) is 0 Å². The van der Waals surface area contributed by atoms with Crippen LogP contribution in [0.4, 0.5) is 4.39 Å². The molecular weight excluding hydrogens is 283 g/mol. The SMILES string of the molecule is CC(=O)NCC1CCCN(CC(O)c2ccc(F)cc2C)C1. The number of piperidine rings is 1. The van der Waals surface area contributed by atoms with Crippen molar-refractivity contribution in [2.24, 2.45) is 5.92 Å². The molecule has 2 unspecified atom stereocenters. The summed E-state index contributed by atoms with van der Waals surface area (Å²) in [6.07, 6.45) is 1.56. The van der Waals surface area contributed by atoms with E-state index in [0.717, 1.165) is 37.1 Å². The molecule has 2 N–H and O–H groups in total. The molecule has 0 saturated carbocycles. The number of carbonyl (C=O) groups is 1. The van der Waals surface area contributed by atoms with Crippen molar-refractivity contribution in [2.45, 2.75) is 32.8 Å². The Bertz CT molecular complexity index is 521. The van der Waals surface area contributed by atoms with E-state index in [2.05, 4.69) is 10.2 Å². The lowest BCUT2D eigenvalue weighted by atomic mass is 9.96. The third kappa shape index (κ3) is 4.78. The molecule has 1 amide bonds. The van der Waals surface area contributed by atoms with Crippen molar-refractivity contribution in [3.05, 3.63) is 35.1 Å². The van der Waals surface area contributed by atoms with E-state index in [1.165, 1.54) is 19.1 Å². The molecule has 2 atom stereocenters. The molecule has 1 heterocycles. The highest BCUT2D eigenvalue weighted by Crippen LogP contribution is 2.22. The summed E-state index contributed by atoms with van der Waals surface area (Å²) in [5, 5.41) is 13.3. The number of benzene rings is 1. The molecule has 0 bridgehead atoms. The van der Waals surface area contributed by atoms with Gasteiger partial charge in [-0.3, -0.25) is 4.79 Å². The molecule has 122 valence electrons. The van der Waals surface area contributed by atoms with Crippen LogP contribution in [0.5, 0.6) is 0 Å². The molecule has 1 aliphatic heterocycles. The number of amides is 1. The predicted octanol–water partition coefficient (Wildman–Crippen LogP) is 2.02. The summed E-state index contributed by atoms with van der Waals surface area (Å²) in [5.41, 5.74) is 1.56. The number of rotatable bonds is 5. The summed E-state index contributed by atoms with van der Waals surface area (Å²) in [5.74, 6) is 0.153. The Morgan fingerprint density at radius 3 is 3.00 bits per heavy atom. The van der Waals surface area contributed by atoms with Crippen LogP contribution in [0.15, 0.2) is 18.2 Å². The first kappa shape index (κ1) is 16.9. The number of nitrogens with one attached hydrogen (secondary N) is 1. The average molecular weight is 308 g/mol. The summed E-state index contributed by atoms with van der Waals surface area (Å²) < 4.78 is 13.1. The van der Waals surface area contributed by atoms with Gasteiger partial charge in [-0.15, -0.1) is 0 Å². The quantitative estimate of drug-likeness (QED) is 0.875. The number of hydrogen-bond donors (Lipinski definition) is 2. The van der Waals surface area contributed by atoms with Crippen LogP contribution in [0.25, 0.3) is 0 Å². The molecule has 4 nitrogen and oxygen atoms in total. The van der Waals surface area contributed by atoms with Crippen LogP contribution in [0.1, 0.15) is 37.0 Å². The standard InChI is InChI=1S/C17H25FN2O2/c1-12-8-15(18)5-6-16(12)17(22)11-20-7-3-4-14(10-20)9-19-13(2)21/h5-6,8,14,17,22H,3-4,7,9-11H2,1-2H3,(H,19,21). The van der Waals surface area contributed by atoms with Crippen molar-refractivity contribution in [3.8, 4) is 0 Å². The Morgan fingerprint density at radius 1 is 1.55 bits per heavy atom. The fraction of sp³-hybridized carbons (Fsp3) is 0.588. The van der Waals surface area contributed by atoms with E-state index in [1.54, 1.807) is 6.07 Å². The topological polar surface area (TPSA) is 52.6 Å². The summed E-state index contributed by atoms with van der Waals surface area (Å²) in [6.45, 7) is 6.41. The van der Waals surface area contributed by atoms with E-state index in [9.17, 15) is 14.3 Å². The molecule has 2 rings (SSSR count). The van der Waals surface area contributed by atoms with Crippen molar-refractivity contribution in [1.82, 2.24) is 10.2 Å². The Kier molecular flexibility index (Phi) is 5.91. The molecule has 5 heteroatoms. The van der Waals surface area contributed by atoms with Crippen LogP contribution < -0.4 is 5.32 Å². The number of nitrogens with zero attached hydrogens (tertiary/aromatic N) is 1. The van der Waals surface area contributed by atoms with Gasteiger partial charge in [-0.2, -0.15) is 0 Å². The van der Waals surface area contributed by atoms with Gasteiger partial charge in [0.1, 0.15) is 5.82 Å². The Hall–Kier alpha value is -1.46. The number of aryl methyl sites for hydroxylation is 1. The summed E-state index contributed by atoms with van der Waals surface area (Å²) in [7, 11) is 0. The summed E-state index contributed by atoms with van der Waals surface area (Å²) in [6, 6.07) is 4.50. The fourth-order valence-electron chi connectivity index (χ4n) is 3.13. The highest BCUT2D eigenvalue weighted by molar-refractivity contribution is 5.72. The molecule has 0 radical (unpaired) electrons. The first-order valence-electron chi connectivity index (χ1n) is 7.86. The predicted molar refractivity (Wildman–Crippen MR) is 83.9 cm³/mol. The molecule has 0 aliphatic carbocycles. The van der Waals surface area contributed by atoms with E-state index in [-0.39, 0.29) is 11.7 Å². The van der Waals surface area contributed by atoms with Crippen LogP contribution in [0, 0.1) is 18.7 Å². The maximum atomic E-state index is 13.1. The van der Waals surface area contributed by atoms with Gasteiger partial charge in [-0.25, -0.2) is 4.39 Å². The summed E-state index contributed by atoms with van der Waals surface area (Å²) >= 11 is 0. The third-order valence-electron chi connectivity index (χ3n) is 4.26. The van der Waals surface area contributed by atoms with Gasteiger partial charge < -0.3 is 15.3 Å². The van der Waals surface area contributed by atoms with Gasteiger partial charge in [0.15, 0.2) is 0 Å². The zero-order valence-electron chi connectivity index (χ0n) is 13.3. The zero-order chi connectivity index (χ0) is 16.1. The van der Waals surface area contributed by atoms with E-state index < -0.39 is 6.10 Å². The van der Waals surface area contributed by atoms with E-state index in [4.69, 9.17) is 0 Å². The van der Waals surface area contributed by atoms with Crippen LogP contribution in [-0.4, -0.2) is 42.1 Å².